The maximum Gasteiger partial charge on any atom is 0.533 e. The maximum atomic E-state index is 12.5. The van der Waals surface area contributed by atoms with Crippen LogP contribution in [0.15, 0.2) is 35.3 Å². The van der Waals surface area contributed by atoms with Crippen LogP contribution in [0.1, 0.15) is 13.3 Å². The van der Waals surface area contributed by atoms with Gasteiger partial charge in [0.15, 0.2) is 0 Å². The van der Waals surface area contributed by atoms with Crippen LogP contribution in [0.4, 0.5) is 21.9 Å². The minimum absolute atomic E-state index is 0.0394. The van der Waals surface area contributed by atoms with E-state index in [1.807, 2.05) is 0 Å². The zero-order chi connectivity index (χ0) is 23.8. The van der Waals surface area contributed by atoms with Gasteiger partial charge in [0, 0.05) is 17.2 Å². The lowest BCUT2D eigenvalue weighted by Gasteiger charge is -2.12. The summed E-state index contributed by atoms with van der Waals surface area (Å²) in [7, 11) is 0. The van der Waals surface area contributed by atoms with Crippen molar-refractivity contribution in [2.75, 3.05) is 11.9 Å². The Morgan fingerprint density at radius 3 is 2.34 bits per heavy atom. The van der Waals surface area contributed by atoms with E-state index in [9.17, 15) is 19.7 Å². The number of benzene rings is 2. The molecule has 0 aliphatic heterocycles. The Morgan fingerprint density at radius 1 is 1.09 bits per heavy atom. The Kier molecular flexibility index (Phi) is 9.33. The molecule has 0 saturated carbocycles. The quantitative estimate of drug-likeness (QED) is 0.157. The summed E-state index contributed by atoms with van der Waals surface area (Å²) >= 11 is 24.0. The van der Waals surface area contributed by atoms with Crippen molar-refractivity contribution in [3.63, 3.8) is 0 Å². The summed E-state index contributed by atoms with van der Waals surface area (Å²) in [6.45, 7) is 1.60. The normalized spacial score (nSPS) is 11.0. The van der Waals surface area contributed by atoms with Crippen molar-refractivity contribution >= 4 is 81.4 Å². The molecule has 0 aliphatic carbocycles. The standard InChI is InChI=1S/C18H14Cl4N4O6/c1-2-31-18(28)32-25-15(23-14-7-10(26(29)30)3-4-11(14)20)8-16(27)24-17-12(21)5-9(19)6-13(17)22/h3-7H,2,8H2,1H3,(H,23,25)(H,24,27). The molecule has 170 valence electrons. The fourth-order valence-electron chi connectivity index (χ4n) is 2.19. The molecule has 0 saturated heterocycles. The monoisotopic (exact) mass is 522 g/mol. The van der Waals surface area contributed by atoms with Gasteiger partial charge in [0.25, 0.3) is 5.69 Å². The summed E-state index contributed by atoms with van der Waals surface area (Å²) in [5.74, 6) is -0.893. The number of amidine groups is 1. The van der Waals surface area contributed by atoms with Gasteiger partial charge in [0.05, 0.1) is 44.4 Å². The summed E-state index contributed by atoms with van der Waals surface area (Å²) in [6, 6.07) is 6.28. The number of nitro benzene ring substituents is 1. The first kappa shape index (κ1) is 25.5. The van der Waals surface area contributed by atoms with Crippen LogP contribution < -0.4 is 10.8 Å². The molecule has 2 aromatic rings. The fourth-order valence-corrected chi connectivity index (χ4v) is 3.26. The number of non-ortho nitro benzene ring substituents is 1. The van der Waals surface area contributed by atoms with Gasteiger partial charge >= 0.3 is 6.16 Å². The van der Waals surface area contributed by atoms with Gasteiger partial charge in [-0.3, -0.25) is 14.9 Å². The summed E-state index contributed by atoms with van der Waals surface area (Å²) in [5.41, 5.74) is 1.94. The molecule has 0 radical (unpaired) electrons. The Labute approximate surface area is 201 Å². The minimum atomic E-state index is -1.09. The third-order valence-corrected chi connectivity index (χ3v) is 4.64. The van der Waals surface area contributed by atoms with Crippen LogP contribution in [-0.2, 0) is 14.4 Å². The first-order valence-electron chi connectivity index (χ1n) is 8.66. The van der Waals surface area contributed by atoms with E-state index in [1.165, 1.54) is 24.3 Å². The van der Waals surface area contributed by atoms with Crippen molar-refractivity contribution in [1.82, 2.24) is 5.48 Å². The van der Waals surface area contributed by atoms with Gasteiger partial charge in [0.1, 0.15) is 5.84 Å². The van der Waals surface area contributed by atoms with Crippen LogP contribution >= 0.6 is 46.4 Å². The number of halogens is 4. The molecule has 0 aliphatic rings. The second-order valence-corrected chi connectivity index (χ2v) is 7.47. The van der Waals surface area contributed by atoms with Gasteiger partial charge in [-0.15, -0.1) is 0 Å². The lowest BCUT2D eigenvalue weighted by atomic mass is 10.2. The average molecular weight is 524 g/mol. The molecule has 0 aromatic heterocycles. The maximum absolute atomic E-state index is 12.5. The van der Waals surface area contributed by atoms with Crippen molar-refractivity contribution in [2.24, 2.45) is 4.99 Å². The fraction of sp³-hybridized carbons (Fsp3) is 0.167. The van der Waals surface area contributed by atoms with Crippen molar-refractivity contribution in [3.8, 4) is 0 Å². The highest BCUT2D eigenvalue weighted by Crippen LogP contribution is 2.34. The number of amides is 1. The summed E-state index contributed by atoms with van der Waals surface area (Å²) in [6.07, 6.45) is -1.58. The number of hydrogen-bond donors (Lipinski definition) is 2. The molecule has 10 nitrogen and oxygen atoms in total. The van der Waals surface area contributed by atoms with Gasteiger partial charge in [-0.25, -0.2) is 15.3 Å². The Bertz CT molecular complexity index is 1060. The van der Waals surface area contributed by atoms with Crippen molar-refractivity contribution in [2.45, 2.75) is 13.3 Å². The lowest BCUT2D eigenvalue weighted by molar-refractivity contribution is -0.384. The molecule has 2 rings (SSSR count). The number of carbonyl (C=O) groups excluding carboxylic acids is 2. The van der Waals surface area contributed by atoms with E-state index in [0.29, 0.717) is 0 Å². The van der Waals surface area contributed by atoms with Crippen LogP contribution in [0.5, 0.6) is 0 Å². The van der Waals surface area contributed by atoms with Gasteiger partial charge in [-0.1, -0.05) is 46.4 Å². The zero-order valence-electron chi connectivity index (χ0n) is 16.2. The number of carbonyl (C=O) groups is 2. The molecule has 0 heterocycles. The van der Waals surface area contributed by atoms with Crippen LogP contribution in [0, 0.1) is 10.1 Å². The molecule has 32 heavy (non-hydrogen) atoms. The first-order chi connectivity index (χ1) is 15.1. The molecule has 0 bridgehead atoms. The van der Waals surface area contributed by atoms with Crippen molar-refractivity contribution in [3.05, 3.63) is 60.5 Å². The van der Waals surface area contributed by atoms with Crippen LogP contribution in [0.2, 0.25) is 20.1 Å². The Hall–Kier alpha value is -2.79. The first-order valence-corrected chi connectivity index (χ1v) is 10.2. The number of nitrogens with zero attached hydrogens (tertiary/aromatic N) is 2. The topological polar surface area (TPSA) is 132 Å². The summed E-state index contributed by atoms with van der Waals surface area (Å²) in [5, 5.41) is 14.0. The van der Waals surface area contributed by atoms with Gasteiger partial charge in [-0.2, -0.15) is 0 Å². The highest BCUT2D eigenvalue weighted by Gasteiger charge is 2.17. The van der Waals surface area contributed by atoms with Crippen molar-refractivity contribution < 1.29 is 24.1 Å². The highest BCUT2D eigenvalue weighted by molar-refractivity contribution is 6.42. The van der Waals surface area contributed by atoms with Crippen LogP contribution in [0.25, 0.3) is 0 Å². The smallest absolute Gasteiger partial charge is 0.433 e. The number of anilines is 1. The van der Waals surface area contributed by atoms with Gasteiger partial charge in [-0.05, 0) is 25.1 Å². The molecule has 2 N–H and O–H groups in total. The molecule has 1 amide bonds. The molecule has 0 fully saturated rings. The largest absolute Gasteiger partial charge is 0.533 e. The van der Waals surface area contributed by atoms with E-state index in [0.717, 1.165) is 6.07 Å². The number of hydroxylamine groups is 1. The number of nitro groups is 1. The number of nitrogens with one attached hydrogen (secondary N) is 2. The molecule has 0 atom stereocenters. The van der Waals surface area contributed by atoms with E-state index in [2.05, 4.69) is 25.4 Å². The SMILES string of the molecule is CCOC(=O)ONC(CC(=O)Nc1c(Cl)cc(Cl)cc1Cl)=Nc1cc([N+](=O)[O-])ccc1Cl. The van der Waals surface area contributed by atoms with Crippen molar-refractivity contribution in [1.29, 1.82) is 0 Å². The number of ether oxygens (including phenoxy) is 1. The molecule has 0 spiro atoms. The molecule has 2 aromatic carbocycles. The van der Waals surface area contributed by atoms with Crippen LogP contribution in [0.3, 0.4) is 0 Å². The highest BCUT2D eigenvalue weighted by atomic mass is 35.5. The van der Waals surface area contributed by atoms with Gasteiger partial charge < -0.3 is 14.9 Å². The average Bonchev–Trinajstić information content (AvgIpc) is 2.70. The zero-order valence-corrected chi connectivity index (χ0v) is 19.2. The molecular weight excluding hydrogens is 510 g/mol. The minimum Gasteiger partial charge on any atom is -0.433 e. The van der Waals surface area contributed by atoms with E-state index in [-0.39, 0.29) is 49.6 Å². The van der Waals surface area contributed by atoms with Crippen LogP contribution in [-0.4, -0.2) is 29.4 Å². The summed E-state index contributed by atoms with van der Waals surface area (Å²) < 4.78 is 4.62. The predicted molar refractivity (Wildman–Crippen MR) is 121 cm³/mol. The number of hydrogen-bond acceptors (Lipinski definition) is 7. The molecular formula is C18H14Cl4N4O6. The third kappa shape index (κ3) is 7.41. The predicted octanol–water partition coefficient (Wildman–Crippen LogP) is 5.94. The molecule has 14 heteroatoms. The second kappa shape index (κ2) is 11.7. The summed E-state index contributed by atoms with van der Waals surface area (Å²) in [4.78, 5) is 43.1. The van der Waals surface area contributed by atoms with E-state index >= 15 is 0 Å². The van der Waals surface area contributed by atoms with E-state index < -0.39 is 23.4 Å². The van der Waals surface area contributed by atoms with E-state index in [1.54, 1.807) is 6.92 Å². The van der Waals surface area contributed by atoms with E-state index in [4.69, 9.17) is 46.4 Å². The molecule has 0 unspecified atom stereocenters. The number of rotatable bonds is 6. The van der Waals surface area contributed by atoms with Gasteiger partial charge in [0.2, 0.25) is 5.91 Å². The Balaban J connectivity index is 2.30. The third-order valence-electron chi connectivity index (χ3n) is 3.51. The number of aliphatic imine (C=N–C) groups is 1. The lowest BCUT2D eigenvalue weighted by Crippen LogP contribution is -2.31. The Morgan fingerprint density at radius 2 is 1.75 bits per heavy atom. The second-order valence-electron chi connectivity index (χ2n) is 5.81.